The number of benzene rings is 2. The van der Waals surface area contributed by atoms with Gasteiger partial charge in [-0.05, 0) is 23.3 Å². The van der Waals surface area contributed by atoms with Crippen LogP contribution in [-0.4, -0.2) is 11.8 Å². The zero-order valence-corrected chi connectivity index (χ0v) is 12.0. The van der Waals surface area contributed by atoms with Crippen LogP contribution < -0.4 is 5.32 Å². The molecule has 0 spiro atoms. The molecule has 0 saturated carbocycles. The maximum Gasteiger partial charge on any atom is 0.159 e. The van der Waals surface area contributed by atoms with Crippen LogP contribution in [-0.2, 0) is 17.6 Å². The van der Waals surface area contributed by atoms with E-state index >= 15 is 0 Å². The van der Waals surface area contributed by atoms with E-state index in [0.29, 0.717) is 6.42 Å². The molecule has 0 fully saturated rings. The van der Waals surface area contributed by atoms with Crippen molar-refractivity contribution in [3.05, 3.63) is 64.1 Å². The maximum absolute atomic E-state index is 12.4. The number of anilines is 1. The lowest BCUT2D eigenvalue weighted by Gasteiger charge is -2.11. The molecule has 1 heterocycles. The van der Waals surface area contributed by atoms with Gasteiger partial charge in [-0.1, -0.05) is 52.3 Å². The van der Waals surface area contributed by atoms with Gasteiger partial charge < -0.3 is 5.32 Å². The van der Waals surface area contributed by atoms with E-state index in [1.54, 1.807) is 0 Å². The molecule has 2 aromatic carbocycles. The molecular formula is C16H14BrNO. The molecule has 96 valence electrons. The SMILES string of the molecule is O=C(Cc1ccccc1Br)C1Cc2ccccc2N1. The molecule has 2 nitrogen and oxygen atoms in total. The molecule has 3 rings (SSSR count). The van der Waals surface area contributed by atoms with Crippen LogP contribution in [0, 0.1) is 0 Å². The molecule has 19 heavy (non-hydrogen) atoms. The van der Waals surface area contributed by atoms with Crippen molar-refractivity contribution in [3.8, 4) is 0 Å². The van der Waals surface area contributed by atoms with Crippen LogP contribution in [0.5, 0.6) is 0 Å². The van der Waals surface area contributed by atoms with Crippen molar-refractivity contribution in [1.29, 1.82) is 0 Å². The zero-order valence-electron chi connectivity index (χ0n) is 10.4. The Morgan fingerprint density at radius 2 is 1.89 bits per heavy atom. The van der Waals surface area contributed by atoms with Crippen molar-refractivity contribution in [2.24, 2.45) is 0 Å². The fourth-order valence-corrected chi connectivity index (χ4v) is 2.87. The van der Waals surface area contributed by atoms with E-state index in [1.807, 2.05) is 42.5 Å². The summed E-state index contributed by atoms with van der Waals surface area (Å²) < 4.78 is 0.999. The van der Waals surface area contributed by atoms with Crippen molar-refractivity contribution in [2.45, 2.75) is 18.9 Å². The average molecular weight is 316 g/mol. The Kier molecular flexibility index (Phi) is 3.38. The van der Waals surface area contributed by atoms with E-state index in [2.05, 4.69) is 27.3 Å². The summed E-state index contributed by atoms with van der Waals surface area (Å²) in [5.74, 6) is 0.239. The second kappa shape index (κ2) is 5.17. The molecule has 0 radical (unpaired) electrons. The number of hydrogen-bond donors (Lipinski definition) is 1. The van der Waals surface area contributed by atoms with Crippen LogP contribution in [0.15, 0.2) is 53.0 Å². The first-order chi connectivity index (χ1) is 9.24. The highest BCUT2D eigenvalue weighted by Gasteiger charge is 2.26. The number of hydrogen-bond acceptors (Lipinski definition) is 2. The van der Waals surface area contributed by atoms with E-state index in [1.165, 1.54) is 5.56 Å². The largest absolute Gasteiger partial charge is 0.375 e. The smallest absolute Gasteiger partial charge is 0.159 e. The van der Waals surface area contributed by atoms with E-state index in [-0.39, 0.29) is 11.8 Å². The summed E-state index contributed by atoms with van der Waals surface area (Å²) in [5, 5.41) is 3.31. The number of carbonyl (C=O) groups is 1. The summed E-state index contributed by atoms with van der Waals surface area (Å²) in [6.45, 7) is 0. The third-order valence-corrected chi connectivity index (χ3v) is 4.26. The van der Waals surface area contributed by atoms with Crippen LogP contribution in [0.2, 0.25) is 0 Å². The molecule has 1 aliphatic rings. The maximum atomic E-state index is 12.4. The van der Waals surface area contributed by atoms with Crippen LogP contribution in [0.25, 0.3) is 0 Å². The molecule has 0 aromatic heterocycles. The lowest BCUT2D eigenvalue weighted by atomic mass is 10.0. The molecule has 1 atom stereocenters. The minimum absolute atomic E-state index is 0.0930. The lowest BCUT2D eigenvalue weighted by molar-refractivity contribution is -0.119. The Bertz CT molecular complexity index is 599. The number of ketones is 1. The van der Waals surface area contributed by atoms with Crippen LogP contribution in [0.4, 0.5) is 5.69 Å². The fraction of sp³-hybridized carbons (Fsp3) is 0.188. The monoisotopic (exact) mass is 315 g/mol. The molecule has 0 aliphatic carbocycles. The van der Waals surface area contributed by atoms with Crippen molar-refractivity contribution in [1.82, 2.24) is 0 Å². The average Bonchev–Trinajstić information content (AvgIpc) is 2.85. The first-order valence-electron chi connectivity index (χ1n) is 6.34. The van der Waals surface area contributed by atoms with Gasteiger partial charge in [-0.15, -0.1) is 0 Å². The van der Waals surface area contributed by atoms with Gasteiger partial charge in [0.05, 0.1) is 6.04 Å². The van der Waals surface area contributed by atoms with Gasteiger partial charge >= 0.3 is 0 Å². The molecule has 3 heteroatoms. The predicted molar refractivity (Wildman–Crippen MR) is 80.4 cm³/mol. The number of carbonyl (C=O) groups excluding carboxylic acids is 1. The van der Waals surface area contributed by atoms with E-state index in [9.17, 15) is 4.79 Å². The Morgan fingerprint density at radius 3 is 2.68 bits per heavy atom. The Morgan fingerprint density at radius 1 is 1.16 bits per heavy atom. The summed E-state index contributed by atoms with van der Waals surface area (Å²) >= 11 is 3.49. The quantitative estimate of drug-likeness (QED) is 0.937. The minimum atomic E-state index is -0.0930. The standard InChI is InChI=1S/C16H14BrNO/c17-13-7-3-1-5-11(13)10-16(19)15-9-12-6-2-4-8-14(12)18-15/h1-8,15,18H,9-10H2. The highest BCUT2D eigenvalue weighted by Crippen LogP contribution is 2.26. The second-order valence-corrected chi connectivity index (χ2v) is 5.65. The van der Waals surface area contributed by atoms with Gasteiger partial charge in [-0.2, -0.15) is 0 Å². The molecule has 1 aliphatic heterocycles. The van der Waals surface area contributed by atoms with Crippen molar-refractivity contribution in [2.75, 3.05) is 5.32 Å². The number of para-hydroxylation sites is 1. The van der Waals surface area contributed by atoms with E-state index in [0.717, 1.165) is 22.1 Å². The Hall–Kier alpha value is -1.61. The van der Waals surface area contributed by atoms with Crippen LogP contribution >= 0.6 is 15.9 Å². The number of Topliss-reactive ketones (excluding diaryl/α,β-unsaturated/α-hetero) is 1. The minimum Gasteiger partial charge on any atom is -0.375 e. The lowest BCUT2D eigenvalue weighted by Crippen LogP contribution is -2.28. The molecule has 0 amide bonds. The van der Waals surface area contributed by atoms with Crippen molar-refractivity contribution in [3.63, 3.8) is 0 Å². The summed E-state index contributed by atoms with van der Waals surface area (Å²) in [4.78, 5) is 12.4. The molecule has 2 aromatic rings. The van der Waals surface area contributed by atoms with E-state index < -0.39 is 0 Å². The van der Waals surface area contributed by atoms with E-state index in [4.69, 9.17) is 0 Å². The molecule has 1 N–H and O–H groups in total. The number of nitrogens with one attached hydrogen (secondary N) is 1. The molecule has 0 saturated heterocycles. The first kappa shape index (κ1) is 12.4. The van der Waals surface area contributed by atoms with Crippen LogP contribution in [0.3, 0.4) is 0 Å². The number of rotatable bonds is 3. The topological polar surface area (TPSA) is 29.1 Å². The molecule has 0 bridgehead atoms. The normalized spacial score (nSPS) is 16.8. The van der Waals surface area contributed by atoms with Gasteiger partial charge in [0.25, 0.3) is 0 Å². The summed E-state index contributed by atoms with van der Waals surface area (Å²) in [6.07, 6.45) is 1.26. The van der Waals surface area contributed by atoms with Crippen molar-refractivity contribution < 1.29 is 4.79 Å². The predicted octanol–water partition coefficient (Wildman–Crippen LogP) is 3.60. The summed E-state index contributed by atoms with van der Waals surface area (Å²) in [6, 6.07) is 15.9. The first-order valence-corrected chi connectivity index (χ1v) is 7.14. The summed E-state index contributed by atoms with van der Waals surface area (Å²) in [7, 11) is 0. The number of halogens is 1. The molecule has 1 unspecified atom stereocenters. The van der Waals surface area contributed by atoms with Crippen LogP contribution in [0.1, 0.15) is 11.1 Å². The van der Waals surface area contributed by atoms with Gasteiger partial charge in [-0.25, -0.2) is 0 Å². The van der Waals surface area contributed by atoms with Gasteiger partial charge in [0.2, 0.25) is 0 Å². The third-order valence-electron chi connectivity index (χ3n) is 3.48. The van der Waals surface area contributed by atoms with Gasteiger partial charge in [0.15, 0.2) is 5.78 Å². The highest BCUT2D eigenvalue weighted by molar-refractivity contribution is 9.10. The number of fused-ring (bicyclic) bond motifs is 1. The third kappa shape index (κ3) is 2.56. The zero-order chi connectivity index (χ0) is 13.2. The van der Waals surface area contributed by atoms with Gasteiger partial charge in [0.1, 0.15) is 0 Å². The second-order valence-electron chi connectivity index (χ2n) is 4.79. The highest BCUT2D eigenvalue weighted by atomic mass is 79.9. The molecular weight excluding hydrogens is 302 g/mol. The van der Waals surface area contributed by atoms with Gasteiger partial charge in [0, 0.05) is 23.0 Å². The Labute approximate surface area is 121 Å². The Balaban J connectivity index is 1.72. The van der Waals surface area contributed by atoms with Crippen molar-refractivity contribution >= 4 is 27.4 Å². The fourth-order valence-electron chi connectivity index (χ4n) is 2.44. The van der Waals surface area contributed by atoms with Gasteiger partial charge in [-0.3, -0.25) is 4.79 Å². The summed E-state index contributed by atoms with van der Waals surface area (Å²) in [5.41, 5.74) is 3.37.